The quantitative estimate of drug-likeness (QED) is 0.653. The van der Waals surface area contributed by atoms with E-state index in [1.165, 1.54) is 42.1 Å². The van der Waals surface area contributed by atoms with Gasteiger partial charge in [-0.1, -0.05) is 24.6 Å². The fraction of sp³-hybridized carbons (Fsp3) is 0.611. The highest BCUT2D eigenvalue weighted by atomic mass is 32.2. The van der Waals surface area contributed by atoms with Crippen molar-refractivity contribution in [3.05, 3.63) is 18.1 Å². The summed E-state index contributed by atoms with van der Waals surface area (Å²) in [5.74, 6) is 8.67. The van der Waals surface area contributed by atoms with Crippen LogP contribution in [-0.2, 0) is 4.79 Å². The third-order valence-electron chi connectivity index (χ3n) is 5.65. The lowest BCUT2D eigenvalue weighted by molar-refractivity contribution is -0.134. The first-order chi connectivity index (χ1) is 12.6. The van der Waals surface area contributed by atoms with E-state index in [0.717, 1.165) is 30.7 Å². The molecule has 2 unspecified atom stereocenters. The SMILES string of the molecule is Cc1occc1-c1nnc(SCC(=O)N2CCCC3CCCCC32)n1N. The maximum Gasteiger partial charge on any atom is 0.233 e. The van der Waals surface area contributed by atoms with Gasteiger partial charge in [0.2, 0.25) is 11.1 Å². The van der Waals surface area contributed by atoms with E-state index >= 15 is 0 Å². The first-order valence-corrected chi connectivity index (χ1v) is 10.3. The Morgan fingerprint density at radius 3 is 2.92 bits per heavy atom. The molecule has 0 radical (unpaired) electrons. The van der Waals surface area contributed by atoms with Gasteiger partial charge in [0.25, 0.3) is 0 Å². The molecule has 2 aliphatic rings. The van der Waals surface area contributed by atoms with Crippen LogP contribution in [0.25, 0.3) is 11.4 Å². The van der Waals surface area contributed by atoms with Gasteiger partial charge in [0, 0.05) is 12.6 Å². The average Bonchev–Trinajstić information content (AvgIpc) is 3.24. The van der Waals surface area contributed by atoms with Crippen LogP contribution in [0, 0.1) is 12.8 Å². The molecule has 0 spiro atoms. The molecule has 2 aromatic rings. The largest absolute Gasteiger partial charge is 0.469 e. The summed E-state index contributed by atoms with van der Waals surface area (Å²) in [5, 5.41) is 8.85. The van der Waals surface area contributed by atoms with Crippen LogP contribution in [0.2, 0.25) is 0 Å². The zero-order valence-corrected chi connectivity index (χ0v) is 15.9. The number of likely N-dealkylation sites (tertiary alicyclic amines) is 1. The van der Waals surface area contributed by atoms with Gasteiger partial charge in [0.05, 0.1) is 17.6 Å². The highest BCUT2D eigenvalue weighted by Crippen LogP contribution is 2.35. The number of amides is 1. The third-order valence-corrected chi connectivity index (χ3v) is 6.58. The number of fused-ring (bicyclic) bond motifs is 1. The van der Waals surface area contributed by atoms with Crippen LogP contribution in [0.1, 0.15) is 44.3 Å². The lowest BCUT2D eigenvalue weighted by atomic mass is 9.78. The fourth-order valence-corrected chi connectivity index (χ4v) is 5.06. The Balaban J connectivity index is 1.42. The highest BCUT2D eigenvalue weighted by Gasteiger charge is 2.35. The fourth-order valence-electron chi connectivity index (χ4n) is 4.32. The van der Waals surface area contributed by atoms with Crippen molar-refractivity contribution in [1.29, 1.82) is 0 Å². The van der Waals surface area contributed by atoms with Crippen molar-refractivity contribution < 1.29 is 9.21 Å². The summed E-state index contributed by atoms with van der Waals surface area (Å²) >= 11 is 1.35. The Bertz CT molecular complexity index is 784. The molecule has 1 saturated heterocycles. The van der Waals surface area contributed by atoms with Crippen LogP contribution in [-0.4, -0.2) is 44.0 Å². The number of hydrogen-bond donors (Lipinski definition) is 1. The summed E-state index contributed by atoms with van der Waals surface area (Å²) in [6, 6.07) is 2.25. The second-order valence-electron chi connectivity index (χ2n) is 7.20. The van der Waals surface area contributed by atoms with Crippen LogP contribution in [0.3, 0.4) is 0 Å². The zero-order valence-electron chi connectivity index (χ0n) is 15.1. The number of aryl methyl sites for hydroxylation is 1. The maximum atomic E-state index is 12.8. The lowest BCUT2D eigenvalue weighted by Crippen LogP contribution is -2.50. The normalized spacial score (nSPS) is 23.0. The van der Waals surface area contributed by atoms with E-state index in [1.54, 1.807) is 6.26 Å². The number of carbonyl (C=O) groups is 1. The minimum Gasteiger partial charge on any atom is -0.469 e. The second-order valence-corrected chi connectivity index (χ2v) is 8.14. The summed E-state index contributed by atoms with van der Waals surface area (Å²) in [7, 11) is 0. The van der Waals surface area contributed by atoms with Crippen LogP contribution in [0.5, 0.6) is 0 Å². The van der Waals surface area contributed by atoms with E-state index in [-0.39, 0.29) is 5.91 Å². The molecule has 7 nitrogen and oxygen atoms in total. The van der Waals surface area contributed by atoms with Gasteiger partial charge >= 0.3 is 0 Å². The first-order valence-electron chi connectivity index (χ1n) is 9.32. The molecular weight excluding hydrogens is 350 g/mol. The van der Waals surface area contributed by atoms with Gasteiger partial charge in [-0.3, -0.25) is 4.79 Å². The minimum atomic E-state index is 0.190. The number of rotatable bonds is 4. The van der Waals surface area contributed by atoms with Crippen molar-refractivity contribution in [1.82, 2.24) is 19.8 Å². The molecule has 2 N–H and O–H groups in total. The molecule has 2 atom stereocenters. The molecule has 4 rings (SSSR count). The Hall–Kier alpha value is -1.96. The minimum absolute atomic E-state index is 0.190. The summed E-state index contributed by atoms with van der Waals surface area (Å²) in [5.41, 5.74) is 0.819. The number of thioether (sulfide) groups is 1. The molecule has 1 saturated carbocycles. The summed E-state index contributed by atoms with van der Waals surface area (Å²) < 4.78 is 6.75. The number of piperidine rings is 1. The summed E-state index contributed by atoms with van der Waals surface area (Å²) in [6.07, 6.45) is 8.96. The van der Waals surface area contributed by atoms with Crippen molar-refractivity contribution in [3.63, 3.8) is 0 Å². The molecule has 2 aromatic heterocycles. The second kappa shape index (κ2) is 7.34. The van der Waals surface area contributed by atoms with Crippen molar-refractivity contribution in [3.8, 4) is 11.4 Å². The molecule has 2 fully saturated rings. The predicted octanol–water partition coefficient (Wildman–Crippen LogP) is 2.83. The summed E-state index contributed by atoms with van der Waals surface area (Å²) in [4.78, 5) is 14.9. The van der Waals surface area contributed by atoms with Gasteiger partial charge in [0.15, 0.2) is 5.82 Å². The standard InChI is InChI=1S/C18H25N5O2S/c1-12-14(8-10-25-12)17-20-21-18(23(17)19)26-11-16(24)22-9-4-6-13-5-2-3-7-15(13)22/h8,10,13,15H,2-7,9,11,19H2,1H3. The number of furan rings is 1. The summed E-state index contributed by atoms with van der Waals surface area (Å²) in [6.45, 7) is 2.74. The number of nitrogens with two attached hydrogens (primary N) is 1. The topological polar surface area (TPSA) is 90.2 Å². The van der Waals surface area contributed by atoms with E-state index in [1.807, 2.05) is 13.0 Å². The van der Waals surface area contributed by atoms with Crippen LogP contribution >= 0.6 is 11.8 Å². The van der Waals surface area contributed by atoms with Crippen molar-refractivity contribution in [2.75, 3.05) is 18.1 Å². The number of nitrogen functional groups attached to an aromatic ring is 1. The van der Waals surface area contributed by atoms with Crippen molar-refractivity contribution >= 4 is 17.7 Å². The molecule has 1 amide bonds. The molecule has 140 valence electrons. The number of hydrogen-bond acceptors (Lipinski definition) is 6. The Morgan fingerprint density at radius 2 is 2.12 bits per heavy atom. The van der Waals surface area contributed by atoms with E-state index in [9.17, 15) is 4.79 Å². The van der Waals surface area contributed by atoms with Crippen LogP contribution in [0.4, 0.5) is 0 Å². The van der Waals surface area contributed by atoms with Gasteiger partial charge in [-0.15, -0.1) is 10.2 Å². The molecule has 1 aliphatic carbocycles. The van der Waals surface area contributed by atoms with Crippen LogP contribution in [0.15, 0.2) is 21.9 Å². The van der Waals surface area contributed by atoms with Gasteiger partial charge < -0.3 is 15.2 Å². The van der Waals surface area contributed by atoms with Gasteiger partial charge in [0.1, 0.15) is 5.76 Å². The number of aromatic nitrogens is 3. The third kappa shape index (κ3) is 3.22. The maximum absolute atomic E-state index is 12.8. The zero-order chi connectivity index (χ0) is 18.1. The molecule has 0 bridgehead atoms. The average molecular weight is 375 g/mol. The Morgan fingerprint density at radius 1 is 1.31 bits per heavy atom. The van der Waals surface area contributed by atoms with Crippen molar-refractivity contribution in [2.45, 2.75) is 56.6 Å². The molecule has 3 heterocycles. The van der Waals surface area contributed by atoms with E-state index in [2.05, 4.69) is 15.1 Å². The monoisotopic (exact) mass is 375 g/mol. The van der Waals surface area contributed by atoms with Crippen LogP contribution < -0.4 is 5.84 Å². The van der Waals surface area contributed by atoms with Gasteiger partial charge in [-0.25, -0.2) is 4.68 Å². The first kappa shape index (κ1) is 17.5. The molecule has 1 aliphatic heterocycles. The highest BCUT2D eigenvalue weighted by molar-refractivity contribution is 7.99. The van der Waals surface area contributed by atoms with Gasteiger partial charge in [-0.05, 0) is 44.6 Å². The smallest absolute Gasteiger partial charge is 0.233 e. The van der Waals surface area contributed by atoms with Crippen molar-refractivity contribution in [2.24, 2.45) is 5.92 Å². The van der Waals surface area contributed by atoms with Gasteiger partial charge in [-0.2, -0.15) is 0 Å². The Kier molecular flexibility index (Phi) is 4.93. The number of nitrogens with zero attached hydrogens (tertiary/aromatic N) is 4. The number of carbonyl (C=O) groups excluding carboxylic acids is 1. The molecular formula is C18H25N5O2S. The predicted molar refractivity (Wildman–Crippen MR) is 100 cm³/mol. The van der Waals surface area contributed by atoms with E-state index < -0.39 is 0 Å². The molecule has 26 heavy (non-hydrogen) atoms. The van der Waals surface area contributed by atoms with E-state index in [0.29, 0.717) is 28.7 Å². The Labute approximate surface area is 157 Å². The van der Waals surface area contributed by atoms with E-state index in [4.69, 9.17) is 10.3 Å². The lowest BCUT2D eigenvalue weighted by Gasteiger charge is -2.44. The molecule has 0 aromatic carbocycles. The molecule has 8 heteroatoms.